The minimum atomic E-state index is -3.73. The van der Waals surface area contributed by atoms with Crippen LogP contribution in [0.25, 0.3) is 10.9 Å². The summed E-state index contributed by atoms with van der Waals surface area (Å²) < 4.78 is 65.5. The molecule has 2 heterocycles. The van der Waals surface area contributed by atoms with Gasteiger partial charge in [-0.25, -0.2) is 17.2 Å². The maximum atomic E-state index is 14.0. The van der Waals surface area contributed by atoms with Crippen molar-refractivity contribution in [2.75, 3.05) is 25.6 Å². The molecule has 4 rings (SSSR count). The lowest BCUT2D eigenvalue weighted by Gasteiger charge is -2.31. The fraction of sp³-hybridized carbons (Fsp3) is 0.375. The summed E-state index contributed by atoms with van der Waals surface area (Å²) in [7, 11) is -4.34. The minimum absolute atomic E-state index is 0.0287. The monoisotopic (exact) mass is 526 g/mol. The molecule has 0 saturated carbocycles. The van der Waals surface area contributed by atoms with Crippen LogP contribution in [0.3, 0.4) is 0 Å². The van der Waals surface area contributed by atoms with Gasteiger partial charge in [-0.3, -0.25) is 9.00 Å². The number of carboxylic acid groups (broad SMARTS) is 1. The van der Waals surface area contributed by atoms with Gasteiger partial charge in [-0.1, -0.05) is 0 Å². The first kappa shape index (κ1) is 27.0. The van der Waals surface area contributed by atoms with Gasteiger partial charge in [0.05, 0.1) is 4.90 Å². The molecular weight excluding hydrogens is 498 g/mol. The lowest BCUT2D eigenvalue weighted by molar-refractivity contribution is -0.137. The number of hydrogen-bond donors (Lipinski definition) is 1. The molecule has 0 spiro atoms. The molecule has 1 N–H and O–H groups in total. The first-order valence-electron chi connectivity index (χ1n) is 10.9. The molecule has 2 aromatic carbocycles. The van der Waals surface area contributed by atoms with E-state index in [9.17, 15) is 31.3 Å². The summed E-state index contributed by atoms with van der Waals surface area (Å²) in [4.78, 5) is 11.4. The van der Waals surface area contributed by atoms with Crippen LogP contribution in [0.15, 0.2) is 47.4 Å². The Labute approximate surface area is 205 Å². The number of nitrogens with zero attached hydrogens (tertiary/aromatic N) is 2. The summed E-state index contributed by atoms with van der Waals surface area (Å²) in [5, 5.41) is 9.95. The number of aliphatic carboxylic acids is 1. The molecule has 3 aromatic rings. The number of aromatic nitrogens is 1. The van der Waals surface area contributed by atoms with Crippen molar-refractivity contribution in [3.63, 3.8) is 0 Å². The third-order valence-electron chi connectivity index (χ3n) is 5.94. The predicted octanol–water partition coefficient (Wildman–Crippen LogP) is 3.88. The van der Waals surface area contributed by atoms with Crippen LogP contribution in [-0.2, 0) is 32.2 Å². The van der Waals surface area contributed by atoms with Gasteiger partial charge in [0.1, 0.15) is 18.2 Å². The van der Waals surface area contributed by atoms with E-state index < -0.39 is 38.4 Å². The van der Waals surface area contributed by atoms with Crippen molar-refractivity contribution in [3.8, 4) is 0 Å². The second-order valence-electron chi connectivity index (χ2n) is 8.51. The lowest BCUT2D eigenvalue weighted by atomic mass is 9.88. The van der Waals surface area contributed by atoms with Gasteiger partial charge in [0.2, 0.25) is 10.0 Å². The number of rotatable bonds is 5. The molecule has 1 fully saturated rings. The van der Waals surface area contributed by atoms with Crippen molar-refractivity contribution in [1.82, 2.24) is 8.87 Å². The van der Waals surface area contributed by atoms with Crippen LogP contribution in [0.2, 0.25) is 0 Å². The van der Waals surface area contributed by atoms with E-state index in [2.05, 4.69) is 0 Å². The van der Waals surface area contributed by atoms with Crippen LogP contribution in [0, 0.1) is 18.6 Å². The fourth-order valence-corrected chi connectivity index (χ4v) is 5.94. The van der Waals surface area contributed by atoms with Crippen LogP contribution < -0.4 is 0 Å². The molecule has 1 saturated heterocycles. The molecule has 1 aromatic heterocycles. The average Bonchev–Trinajstić information content (AvgIpc) is 3.04. The van der Waals surface area contributed by atoms with E-state index in [0.717, 1.165) is 23.4 Å². The second kappa shape index (κ2) is 11.0. The van der Waals surface area contributed by atoms with Crippen LogP contribution in [0.4, 0.5) is 8.78 Å². The van der Waals surface area contributed by atoms with Gasteiger partial charge in [-0.15, -0.1) is 0 Å². The van der Waals surface area contributed by atoms with Crippen molar-refractivity contribution >= 4 is 37.7 Å². The highest BCUT2D eigenvalue weighted by Gasteiger charge is 2.32. The molecule has 11 heteroatoms. The Morgan fingerprint density at radius 1 is 1.06 bits per heavy atom. The zero-order valence-electron chi connectivity index (χ0n) is 19.7. The van der Waals surface area contributed by atoms with Crippen molar-refractivity contribution in [2.24, 2.45) is 0 Å². The Morgan fingerprint density at radius 2 is 1.60 bits per heavy atom. The van der Waals surface area contributed by atoms with E-state index in [1.54, 1.807) is 23.1 Å². The Morgan fingerprint density at radius 3 is 2.14 bits per heavy atom. The average molecular weight is 527 g/mol. The van der Waals surface area contributed by atoms with Crippen molar-refractivity contribution in [1.29, 1.82) is 0 Å². The summed E-state index contributed by atoms with van der Waals surface area (Å²) in [6, 6.07) is 9.05. The lowest BCUT2D eigenvalue weighted by Crippen LogP contribution is -2.38. The normalized spacial score (nSPS) is 15.3. The van der Waals surface area contributed by atoms with Crippen molar-refractivity contribution in [3.05, 3.63) is 65.4 Å². The third-order valence-corrected chi connectivity index (χ3v) is 7.85. The standard InChI is InChI=1S/C22H22F2N2O4S.C2H6OS/c1-14-22(19-12-17(24)4-7-20(19)26(14)13-21(27)28)15-8-10-25(11-9-15)31(29,30)18-5-2-16(23)3-6-18;1-4(2)3/h2-7,12,15H,8-11,13H2,1H3,(H,27,28);1-2H3. The van der Waals surface area contributed by atoms with Crippen LogP contribution >= 0.6 is 0 Å². The maximum absolute atomic E-state index is 14.0. The maximum Gasteiger partial charge on any atom is 0.323 e. The van der Waals surface area contributed by atoms with E-state index in [1.807, 2.05) is 6.92 Å². The molecule has 0 atom stereocenters. The molecule has 190 valence electrons. The first-order chi connectivity index (χ1) is 16.4. The van der Waals surface area contributed by atoms with Gasteiger partial charge in [0.25, 0.3) is 0 Å². The van der Waals surface area contributed by atoms with Crippen LogP contribution in [-0.4, -0.2) is 58.2 Å². The summed E-state index contributed by atoms with van der Waals surface area (Å²) in [5.41, 5.74) is 2.27. The third kappa shape index (κ3) is 6.14. The van der Waals surface area contributed by atoms with Crippen LogP contribution in [0.1, 0.15) is 30.0 Å². The van der Waals surface area contributed by atoms with E-state index in [4.69, 9.17) is 0 Å². The van der Waals surface area contributed by atoms with E-state index >= 15 is 0 Å². The van der Waals surface area contributed by atoms with Gasteiger partial charge >= 0.3 is 5.97 Å². The number of halogens is 2. The molecule has 0 amide bonds. The Hall–Kier alpha value is -2.63. The summed E-state index contributed by atoms with van der Waals surface area (Å²) >= 11 is 0. The highest BCUT2D eigenvalue weighted by atomic mass is 32.2. The van der Waals surface area contributed by atoms with Gasteiger partial charge in [-0.2, -0.15) is 4.31 Å². The first-order valence-corrected chi connectivity index (χ1v) is 14.3. The second-order valence-corrected chi connectivity index (χ2v) is 11.9. The number of carbonyl (C=O) groups is 1. The predicted molar refractivity (Wildman–Crippen MR) is 131 cm³/mol. The van der Waals surface area contributed by atoms with Gasteiger partial charge in [0.15, 0.2) is 0 Å². The van der Waals surface area contributed by atoms with Gasteiger partial charge in [0, 0.05) is 53.0 Å². The number of sulfonamides is 1. The minimum Gasteiger partial charge on any atom is -0.480 e. The smallest absolute Gasteiger partial charge is 0.323 e. The molecule has 0 radical (unpaired) electrons. The van der Waals surface area contributed by atoms with E-state index in [1.165, 1.54) is 28.6 Å². The molecule has 1 aliphatic heterocycles. The molecule has 0 bridgehead atoms. The zero-order chi connectivity index (χ0) is 25.9. The molecule has 0 unspecified atom stereocenters. The number of piperidine rings is 1. The molecule has 7 nitrogen and oxygen atoms in total. The Kier molecular flexibility index (Phi) is 8.45. The highest BCUT2D eigenvalue weighted by Crippen LogP contribution is 2.38. The summed E-state index contributed by atoms with van der Waals surface area (Å²) in [6.07, 6.45) is 4.31. The number of hydrogen-bond acceptors (Lipinski definition) is 4. The zero-order valence-corrected chi connectivity index (χ0v) is 21.3. The molecule has 1 aliphatic rings. The molecule has 35 heavy (non-hydrogen) atoms. The molecular formula is C24H28F2N2O5S2. The number of carboxylic acids is 1. The van der Waals surface area contributed by atoms with Gasteiger partial charge in [-0.05, 0) is 73.7 Å². The SMILES string of the molecule is CS(C)=O.Cc1c(C2CCN(S(=O)(=O)c3ccc(F)cc3)CC2)c2cc(F)ccc2n1CC(=O)O. The van der Waals surface area contributed by atoms with Crippen molar-refractivity contribution < 1.29 is 31.3 Å². The largest absolute Gasteiger partial charge is 0.480 e. The summed E-state index contributed by atoms with van der Waals surface area (Å²) in [5.74, 6) is -1.93. The number of fused-ring (bicyclic) bond motifs is 1. The van der Waals surface area contributed by atoms with Crippen molar-refractivity contribution in [2.45, 2.75) is 37.1 Å². The topological polar surface area (TPSA) is 96.7 Å². The highest BCUT2D eigenvalue weighted by molar-refractivity contribution is 7.89. The van der Waals surface area contributed by atoms with E-state index in [-0.39, 0.29) is 30.4 Å². The Bertz CT molecular complexity index is 1340. The summed E-state index contributed by atoms with van der Waals surface area (Å²) in [6.45, 7) is 2.12. The fourth-order valence-electron chi connectivity index (χ4n) is 4.48. The Balaban J connectivity index is 0.000000795. The van der Waals surface area contributed by atoms with E-state index in [0.29, 0.717) is 23.7 Å². The molecule has 0 aliphatic carbocycles. The number of benzene rings is 2. The van der Waals surface area contributed by atoms with Gasteiger partial charge < -0.3 is 9.67 Å². The quantitative estimate of drug-likeness (QED) is 0.544. The van der Waals surface area contributed by atoms with Crippen LogP contribution in [0.5, 0.6) is 0 Å².